The summed E-state index contributed by atoms with van der Waals surface area (Å²) in [7, 11) is 1.76. The molecular weight excluding hydrogens is 178 g/mol. The average Bonchev–Trinajstić information content (AvgIpc) is 2.18. The Balaban J connectivity index is 3.61. The van der Waals surface area contributed by atoms with Crippen LogP contribution in [0.25, 0.3) is 0 Å². The van der Waals surface area contributed by atoms with Crippen LogP contribution < -0.4 is 5.73 Å². The van der Waals surface area contributed by atoms with E-state index < -0.39 is 0 Å². The highest BCUT2D eigenvalue weighted by Gasteiger charge is 2.20. The highest BCUT2D eigenvalue weighted by atomic mass is 16.5. The second kappa shape index (κ2) is 7.21. The predicted molar refractivity (Wildman–Crippen MR) is 59.4 cm³/mol. The van der Waals surface area contributed by atoms with Crippen LogP contribution in [-0.2, 0) is 9.47 Å². The van der Waals surface area contributed by atoms with Crippen LogP contribution in [0.2, 0.25) is 0 Å². The number of nitrogens with two attached hydrogens (primary N) is 1. The van der Waals surface area contributed by atoms with Gasteiger partial charge in [0.1, 0.15) is 0 Å². The van der Waals surface area contributed by atoms with Crippen molar-refractivity contribution in [3.05, 3.63) is 0 Å². The fourth-order valence-electron chi connectivity index (χ4n) is 1.22. The van der Waals surface area contributed by atoms with E-state index in [-0.39, 0.29) is 11.7 Å². The van der Waals surface area contributed by atoms with Gasteiger partial charge < -0.3 is 15.2 Å². The maximum atomic E-state index is 5.62. The van der Waals surface area contributed by atoms with Gasteiger partial charge in [-0.3, -0.25) is 0 Å². The van der Waals surface area contributed by atoms with E-state index in [9.17, 15) is 0 Å². The average molecular weight is 203 g/mol. The monoisotopic (exact) mass is 203 g/mol. The molecule has 0 radical (unpaired) electrons. The van der Waals surface area contributed by atoms with Gasteiger partial charge in [0.2, 0.25) is 0 Å². The first-order valence-corrected chi connectivity index (χ1v) is 5.44. The quantitative estimate of drug-likeness (QED) is 0.655. The third-order valence-electron chi connectivity index (χ3n) is 2.85. The smallest absolute Gasteiger partial charge is 0.0670 e. The van der Waals surface area contributed by atoms with Crippen molar-refractivity contribution in [1.29, 1.82) is 0 Å². The molecule has 0 aliphatic rings. The minimum absolute atomic E-state index is 0.0393. The van der Waals surface area contributed by atoms with Crippen LogP contribution in [-0.4, -0.2) is 32.0 Å². The van der Waals surface area contributed by atoms with Crippen molar-refractivity contribution >= 4 is 0 Å². The van der Waals surface area contributed by atoms with Crippen molar-refractivity contribution in [2.45, 2.75) is 51.7 Å². The van der Waals surface area contributed by atoms with Gasteiger partial charge in [-0.2, -0.15) is 0 Å². The largest absolute Gasteiger partial charge is 0.378 e. The van der Waals surface area contributed by atoms with Crippen LogP contribution in [0.3, 0.4) is 0 Å². The van der Waals surface area contributed by atoms with Crippen molar-refractivity contribution in [3.63, 3.8) is 0 Å². The first-order chi connectivity index (χ1) is 6.58. The number of hydrogen-bond donors (Lipinski definition) is 1. The zero-order chi connectivity index (χ0) is 11.0. The summed E-state index contributed by atoms with van der Waals surface area (Å²) in [5.74, 6) is 0. The van der Waals surface area contributed by atoms with E-state index in [1.54, 1.807) is 7.11 Å². The number of ether oxygens (including phenoxy) is 2. The second-order valence-corrected chi connectivity index (χ2v) is 4.02. The van der Waals surface area contributed by atoms with Crippen molar-refractivity contribution in [2.75, 3.05) is 20.3 Å². The molecule has 3 heteroatoms. The van der Waals surface area contributed by atoms with Crippen molar-refractivity contribution in [2.24, 2.45) is 5.73 Å². The van der Waals surface area contributed by atoms with Crippen molar-refractivity contribution in [3.8, 4) is 0 Å². The number of rotatable bonds is 8. The fourth-order valence-corrected chi connectivity index (χ4v) is 1.22. The lowest BCUT2D eigenvalue weighted by molar-refractivity contribution is -0.0378. The van der Waals surface area contributed by atoms with Crippen LogP contribution in [0.15, 0.2) is 0 Å². The first kappa shape index (κ1) is 13.9. The molecule has 14 heavy (non-hydrogen) atoms. The van der Waals surface area contributed by atoms with Crippen LogP contribution in [0.1, 0.15) is 40.0 Å². The highest BCUT2D eigenvalue weighted by molar-refractivity contribution is 4.72. The second-order valence-electron chi connectivity index (χ2n) is 4.02. The van der Waals surface area contributed by atoms with E-state index in [1.165, 1.54) is 0 Å². The van der Waals surface area contributed by atoms with Crippen molar-refractivity contribution < 1.29 is 9.47 Å². The molecule has 2 N–H and O–H groups in total. The minimum atomic E-state index is -0.0393. The molecule has 0 aromatic carbocycles. The van der Waals surface area contributed by atoms with Gasteiger partial charge in [0.05, 0.1) is 11.7 Å². The van der Waals surface area contributed by atoms with Crippen LogP contribution in [0.4, 0.5) is 0 Å². The molecule has 2 unspecified atom stereocenters. The lowest BCUT2D eigenvalue weighted by Gasteiger charge is -2.27. The zero-order valence-electron chi connectivity index (χ0n) is 10.0. The summed E-state index contributed by atoms with van der Waals surface area (Å²) in [5, 5.41) is 0. The van der Waals surface area contributed by atoms with Gasteiger partial charge in [-0.25, -0.2) is 0 Å². The maximum Gasteiger partial charge on any atom is 0.0670 e. The van der Waals surface area contributed by atoms with Crippen LogP contribution in [0.5, 0.6) is 0 Å². The fraction of sp³-hybridized carbons (Fsp3) is 1.00. The lowest BCUT2D eigenvalue weighted by atomic mass is 9.99. The van der Waals surface area contributed by atoms with Gasteiger partial charge in [-0.15, -0.1) is 0 Å². The molecule has 0 aliphatic heterocycles. The van der Waals surface area contributed by atoms with E-state index in [4.69, 9.17) is 15.2 Å². The summed E-state index contributed by atoms with van der Waals surface area (Å²) < 4.78 is 11.0. The first-order valence-electron chi connectivity index (χ1n) is 5.44. The standard InChI is InChI=1S/C11H25NO2/c1-5-11(3,13-4)7-9-14-10(2)6-8-12/h10H,5-9,12H2,1-4H3. The molecule has 0 bridgehead atoms. The zero-order valence-corrected chi connectivity index (χ0v) is 10.0. The van der Waals surface area contributed by atoms with E-state index in [0.717, 1.165) is 25.9 Å². The normalized spacial score (nSPS) is 17.8. The molecule has 0 fully saturated rings. The molecule has 0 aliphatic carbocycles. The molecule has 86 valence electrons. The molecule has 0 aromatic heterocycles. The highest BCUT2D eigenvalue weighted by Crippen LogP contribution is 2.18. The van der Waals surface area contributed by atoms with Crippen LogP contribution in [0, 0.1) is 0 Å². The van der Waals surface area contributed by atoms with Gasteiger partial charge in [-0.05, 0) is 39.7 Å². The topological polar surface area (TPSA) is 44.5 Å². The Morgan fingerprint density at radius 1 is 1.43 bits per heavy atom. The molecule has 0 aromatic rings. The molecule has 0 saturated heterocycles. The number of methoxy groups -OCH3 is 1. The minimum Gasteiger partial charge on any atom is -0.378 e. The molecule has 3 nitrogen and oxygen atoms in total. The Morgan fingerprint density at radius 3 is 2.50 bits per heavy atom. The third-order valence-corrected chi connectivity index (χ3v) is 2.85. The Hall–Kier alpha value is -0.120. The molecule has 0 spiro atoms. The lowest BCUT2D eigenvalue weighted by Crippen LogP contribution is -2.29. The van der Waals surface area contributed by atoms with E-state index >= 15 is 0 Å². The molecule has 0 amide bonds. The van der Waals surface area contributed by atoms with Gasteiger partial charge >= 0.3 is 0 Å². The molecule has 2 atom stereocenters. The summed E-state index contributed by atoms with van der Waals surface area (Å²) in [4.78, 5) is 0. The predicted octanol–water partition coefficient (Wildman–Crippen LogP) is 1.95. The summed E-state index contributed by atoms with van der Waals surface area (Å²) >= 11 is 0. The SMILES string of the molecule is CCC(C)(CCOC(C)CCN)OC. The van der Waals surface area contributed by atoms with E-state index in [2.05, 4.69) is 20.8 Å². The third kappa shape index (κ3) is 5.58. The Morgan fingerprint density at radius 2 is 2.07 bits per heavy atom. The summed E-state index contributed by atoms with van der Waals surface area (Å²) in [6.45, 7) is 7.75. The van der Waals surface area contributed by atoms with E-state index in [0.29, 0.717) is 6.54 Å². The molecular formula is C11H25NO2. The molecule has 0 heterocycles. The van der Waals surface area contributed by atoms with Gasteiger partial charge in [0.25, 0.3) is 0 Å². The Bertz CT molecular complexity index is 135. The van der Waals surface area contributed by atoms with E-state index in [1.807, 2.05) is 0 Å². The van der Waals surface area contributed by atoms with Crippen molar-refractivity contribution in [1.82, 2.24) is 0 Å². The Kier molecular flexibility index (Phi) is 7.15. The van der Waals surface area contributed by atoms with Crippen LogP contribution >= 0.6 is 0 Å². The molecule has 0 rings (SSSR count). The number of hydrogen-bond acceptors (Lipinski definition) is 3. The van der Waals surface area contributed by atoms with Gasteiger partial charge in [0.15, 0.2) is 0 Å². The molecule has 0 saturated carbocycles. The summed E-state index contributed by atoms with van der Waals surface area (Å²) in [6, 6.07) is 0. The van der Waals surface area contributed by atoms with Gasteiger partial charge in [-0.1, -0.05) is 6.92 Å². The summed E-state index contributed by atoms with van der Waals surface area (Å²) in [6.07, 6.45) is 3.14. The maximum absolute atomic E-state index is 5.62. The van der Waals surface area contributed by atoms with Gasteiger partial charge in [0, 0.05) is 13.7 Å². The Labute approximate surface area is 88.0 Å². The summed E-state index contributed by atoms with van der Waals surface area (Å²) in [5.41, 5.74) is 5.40.